The maximum atomic E-state index is 13.0. The Kier molecular flexibility index (Phi) is 6.08. The van der Waals surface area contributed by atoms with Gasteiger partial charge in [-0.15, -0.1) is 0 Å². The average molecular weight is 355 g/mol. The standard InChI is InChI=1S/C17H20F3N3O2/c1-2-3-6-22-14-5-4-12(17(18,19)20)8-15(14)23-16(24)11-7-13(9-21)25-10-11/h4-5,7-8,10,22H,2-3,6,9,21H2,1H3,(H,23,24). The first-order valence-corrected chi connectivity index (χ1v) is 7.89. The molecule has 2 rings (SSSR count). The lowest BCUT2D eigenvalue weighted by Gasteiger charge is -2.15. The number of nitrogens with two attached hydrogens (primary N) is 1. The molecule has 1 heterocycles. The van der Waals surface area contributed by atoms with Crippen molar-refractivity contribution in [2.75, 3.05) is 17.2 Å². The molecule has 136 valence electrons. The summed E-state index contributed by atoms with van der Waals surface area (Å²) in [7, 11) is 0. The second-order valence-corrected chi connectivity index (χ2v) is 5.50. The van der Waals surface area contributed by atoms with Crippen molar-refractivity contribution in [3.05, 3.63) is 47.4 Å². The zero-order valence-electron chi connectivity index (χ0n) is 13.7. The molecule has 0 fully saturated rings. The molecule has 0 aliphatic carbocycles. The van der Waals surface area contributed by atoms with Crippen molar-refractivity contribution in [3.63, 3.8) is 0 Å². The van der Waals surface area contributed by atoms with E-state index in [1.807, 2.05) is 6.92 Å². The van der Waals surface area contributed by atoms with Gasteiger partial charge in [0, 0.05) is 6.54 Å². The summed E-state index contributed by atoms with van der Waals surface area (Å²) in [4.78, 5) is 12.3. The van der Waals surface area contributed by atoms with Crippen molar-refractivity contribution in [1.82, 2.24) is 0 Å². The number of halogens is 3. The number of nitrogens with one attached hydrogen (secondary N) is 2. The number of carbonyl (C=O) groups is 1. The monoisotopic (exact) mass is 355 g/mol. The molecule has 0 bridgehead atoms. The molecule has 0 aliphatic heterocycles. The summed E-state index contributed by atoms with van der Waals surface area (Å²) in [6.45, 7) is 2.72. The van der Waals surface area contributed by atoms with Gasteiger partial charge in [0.1, 0.15) is 12.0 Å². The minimum atomic E-state index is -4.50. The molecule has 4 N–H and O–H groups in total. The van der Waals surface area contributed by atoms with Crippen LogP contribution in [0.1, 0.15) is 41.4 Å². The first-order valence-electron chi connectivity index (χ1n) is 7.89. The maximum absolute atomic E-state index is 13.0. The molecule has 0 unspecified atom stereocenters. The van der Waals surface area contributed by atoms with Crippen molar-refractivity contribution in [3.8, 4) is 0 Å². The predicted molar refractivity (Wildman–Crippen MR) is 89.4 cm³/mol. The van der Waals surface area contributed by atoms with E-state index in [0.29, 0.717) is 18.0 Å². The summed E-state index contributed by atoms with van der Waals surface area (Å²) in [5.74, 6) is -0.156. The van der Waals surface area contributed by atoms with Crippen LogP contribution >= 0.6 is 0 Å². The highest BCUT2D eigenvalue weighted by Gasteiger charge is 2.31. The molecule has 0 atom stereocenters. The molecule has 0 aliphatic rings. The SMILES string of the molecule is CCCCNc1ccc(C(F)(F)F)cc1NC(=O)c1coc(CN)c1. The van der Waals surface area contributed by atoms with Gasteiger partial charge in [0.15, 0.2) is 0 Å². The van der Waals surface area contributed by atoms with Crippen LogP contribution < -0.4 is 16.4 Å². The number of anilines is 2. The summed E-state index contributed by atoms with van der Waals surface area (Å²) in [6, 6.07) is 4.66. The van der Waals surface area contributed by atoms with Crippen molar-refractivity contribution in [1.29, 1.82) is 0 Å². The third kappa shape index (κ3) is 4.99. The van der Waals surface area contributed by atoms with Gasteiger partial charge in [-0.05, 0) is 30.7 Å². The summed E-state index contributed by atoms with van der Waals surface area (Å²) in [5.41, 5.74) is 5.26. The summed E-state index contributed by atoms with van der Waals surface area (Å²) in [6.07, 6.45) is -1.48. The average Bonchev–Trinajstić information content (AvgIpc) is 3.04. The lowest BCUT2D eigenvalue weighted by Crippen LogP contribution is -2.15. The molecule has 2 aromatic rings. The lowest BCUT2D eigenvalue weighted by molar-refractivity contribution is -0.137. The Bertz CT molecular complexity index is 726. The van der Waals surface area contributed by atoms with Gasteiger partial charge in [0.05, 0.1) is 29.0 Å². The molecule has 0 spiro atoms. The van der Waals surface area contributed by atoms with Gasteiger partial charge in [0.25, 0.3) is 5.91 Å². The van der Waals surface area contributed by atoms with Crippen LogP contribution in [0.25, 0.3) is 0 Å². The molecule has 8 heteroatoms. The zero-order valence-corrected chi connectivity index (χ0v) is 13.7. The first kappa shape index (κ1) is 18.9. The van der Waals surface area contributed by atoms with Gasteiger partial charge in [-0.25, -0.2) is 0 Å². The Balaban J connectivity index is 2.26. The van der Waals surface area contributed by atoms with E-state index in [9.17, 15) is 18.0 Å². The number of hydrogen-bond acceptors (Lipinski definition) is 4. The summed E-state index contributed by atoms with van der Waals surface area (Å²) < 4.78 is 43.9. The number of rotatable bonds is 7. The highest BCUT2D eigenvalue weighted by atomic mass is 19.4. The number of unbranched alkanes of at least 4 members (excludes halogenated alkanes) is 1. The normalized spacial score (nSPS) is 11.4. The van der Waals surface area contributed by atoms with E-state index in [1.165, 1.54) is 18.4 Å². The molecule has 0 saturated carbocycles. The van der Waals surface area contributed by atoms with Gasteiger partial charge in [-0.2, -0.15) is 13.2 Å². The molecule has 0 saturated heterocycles. The van der Waals surface area contributed by atoms with Gasteiger partial charge >= 0.3 is 6.18 Å². The Morgan fingerprint density at radius 2 is 2.00 bits per heavy atom. The van der Waals surface area contributed by atoms with E-state index >= 15 is 0 Å². The number of hydrogen-bond donors (Lipinski definition) is 3. The third-order valence-electron chi connectivity index (χ3n) is 3.56. The van der Waals surface area contributed by atoms with E-state index < -0.39 is 17.6 Å². The predicted octanol–water partition coefficient (Wildman–Crippen LogP) is 4.22. The van der Waals surface area contributed by atoms with Gasteiger partial charge in [-0.1, -0.05) is 13.3 Å². The van der Waals surface area contributed by atoms with Gasteiger partial charge in [0.2, 0.25) is 0 Å². The minimum Gasteiger partial charge on any atom is -0.467 e. The quantitative estimate of drug-likeness (QED) is 0.650. The Labute approximate surface area is 143 Å². The van der Waals surface area contributed by atoms with Crippen LogP contribution in [-0.2, 0) is 12.7 Å². The number of alkyl halides is 3. The molecular weight excluding hydrogens is 335 g/mol. The van der Waals surface area contributed by atoms with Crippen LogP contribution in [0.4, 0.5) is 24.5 Å². The van der Waals surface area contributed by atoms with Crippen LogP contribution in [0.2, 0.25) is 0 Å². The fraction of sp³-hybridized carbons (Fsp3) is 0.353. The highest BCUT2D eigenvalue weighted by Crippen LogP contribution is 2.34. The topological polar surface area (TPSA) is 80.3 Å². The summed E-state index contributed by atoms with van der Waals surface area (Å²) >= 11 is 0. The molecule has 25 heavy (non-hydrogen) atoms. The maximum Gasteiger partial charge on any atom is 0.416 e. The fourth-order valence-electron chi connectivity index (χ4n) is 2.18. The Morgan fingerprint density at radius 3 is 2.60 bits per heavy atom. The molecule has 5 nitrogen and oxygen atoms in total. The summed E-state index contributed by atoms with van der Waals surface area (Å²) in [5, 5.41) is 5.54. The molecule has 1 amide bonds. The van der Waals surface area contributed by atoms with Crippen LogP contribution in [-0.4, -0.2) is 12.5 Å². The number of benzene rings is 1. The van der Waals surface area contributed by atoms with E-state index in [0.717, 1.165) is 25.0 Å². The van der Waals surface area contributed by atoms with E-state index in [4.69, 9.17) is 10.2 Å². The van der Waals surface area contributed by atoms with Crippen molar-refractivity contribution in [2.24, 2.45) is 5.73 Å². The van der Waals surface area contributed by atoms with Crippen LogP contribution in [0.5, 0.6) is 0 Å². The lowest BCUT2D eigenvalue weighted by atomic mass is 10.1. The van der Waals surface area contributed by atoms with Gasteiger partial charge in [-0.3, -0.25) is 4.79 Å². The second-order valence-electron chi connectivity index (χ2n) is 5.50. The largest absolute Gasteiger partial charge is 0.467 e. The number of amides is 1. The molecular formula is C17H20F3N3O2. The fourth-order valence-corrected chi connectivity index (χ4v) is 2.18. The van der Waals surface area contributed by atoms with Crippen molar-refractivity contribution < 1.29 is 22.4 Å². The van der Waals surface area contributed by atoms with E-state index in [-0.39, 0.29) is 17.8 Å². The third-order valence-corrected chi connectivity index (χ3v) is 3.56. The van der Waals surface area contributed by atoms with E-state index in [2.05, 4.69) is 10.6 Å². The van der Waals surface area contributed by atoms with Crippen LogP contribution in [0, 0.1) is 0 Å². The minimum absolute atomic E-state index is 0.0615. The Morgan fingerprint density at radius 1 is 1.24 bits per heavy atom. The molecule has 1 aromatic heterocycles. The van der Waals surface area contributed by atoms with Crippen molar-refractivity contribution in [2.45, 2.75) is 32.5 Å². The second kappa shape index (κ2) is 8.06. The smallest absolute Gasteiger partial charge is 0.416 e. The van der Waals surface area contributed by atoms with Gasteiger partial charge < -0.3 is 20.8 Å². The molecule has 0 radical (unpaired) electrons. The molecule has 1 aromatic carbocycles. The van der Waals surface area contributed by atoms with Crippen molar-refractivity contribution >= 4 is 17.3 Å². The van der Waals surface area contributed by atoms with Crippen LogP contribution in [0.15, 0.2) is 34.9 Å². The highest BCUT2D eigenvalue weighted by molar-refractivity contribution is 6.05. The Hall–Kier alpha value is -2.48. The van der Waals surface area contributed by atoms with E-state index in [1.54, 1.807) is 0 Å². The number of furan rings is 1. The number of carbonyl (C=O) groups excluding carboxylic acids is 1. The van der Waals surface area contributed by atoms with Crippen LogP contribution in [0.3, 0.4) is 0 Å². The first-order chi connectivity index (χ1) is 11.8. The zero-order chi connectivity index (χ0) is 18.4.